The Hall–Kier alpha value is -0.840. The van der Waals surface area contributed by atoms with Gasteiger partial charge in [0, 0.05) is 32.2 Å². The average molecular weight is 200 g/mol. The minimum Gasteiger partial charge on any atom is -0.360 e. The van der Waals surface area contributed by atoms with Crippen molar-refractivity contribution in [1.82, 2.24) is 9.36 Å². The van der Waals surface area contributed by atoms with E-state index >= 15 is 0 Å². The molecule has 0 atom stereocenters. The first-order valence-corrected chi connectivity index (χ1v) is 5.12. The fraction of sp³-hybridized carbons (Fsp3) is 0.750. The van der Waals surface area contributed by atoms with Crippen LogP contribution >= 0.6 is 11.5 Å². The van der Waals surface area contributed by atoms with Gasteiger partial charge in [-0.25, -0.2) is 0 Å². The van der Waals surface area contributed by atoms with Crippen LogP contribution in [-0.4, -0.2) is 30.0 Å². The Bertz CT molecular complexity index is 256. The van der Waals surface area contributed by atoms with Crippen LogP contribution in [0.1, 0.15) is 13.8 Å². The third kappa shape index (κ3) is 3.18. The molecule has 0 aromatic carbocycles. The second-order valence-corrected chi connectivity index (χ2v) is 4.32. The van der Waals surface area contributed by atoms with Gasteiger partial charge >= 0.3 is 0 Å². The summed E-state index contributed by atoms with van der Waals surface area (Å²) in [5, 5.41) is 4.14. The number of nitrogens with one attached hydrogen (secondary N) is 1. The highest BCUT2D eigenvalue weighted by Crippen LogP contribution is 2.16. The lowest BCUT2D eigenvalue weighted by Gasteiger charge is -2.05. The molecule has 1 rings (SSSR count). The molecule has 0 radical (unpaired) electrons. The second-order valence-electron chi connectivity index (χ2n) is 3.57. The summed E-state index contributed by atoms with van der Waals surface area (Å²) >= 11 is 1.41. The lowest BCUT2D eigenvalue weighted by Crippen LogP contribution is -2.11. The number of rotatable bonds is 4. The highest BCUT2D eigenvalue weighted by Gasteiger charge is 2.04. The van der Waals surface area contributed by atoms with E-state index in [-0.39, 0.29) is 0 Å². The molecule has 0 fully saturated rings. The van der Waals surface area contributed by atoms with Crippen molar-refractivity contribution in [3.63, 3.8) is 0 Å². The van der Waals surface area contributed by atoms with Crippen LogP contribution in [0.4, 0.5) is 11.1 Å². The van der Waals surface area contributed by atoms with Crippen LogP contribution in [0.2, 0.25) is 0 Å². The highest BCUT2D eigenvalue weighted by molar-refractivity contribution is 7.09. The minimum atomic E-state index is 0.631. The van der Waals surface area contributed by atoms with Gasteiger partial charge in [-0.1, -0.05) is 13.8 Å². The molecule has 0 spiro atoms. The zero-order chi connectivity index (χ0) is 9.84. The number of anilines is 2. The summed E-state index contributed by atoms with van der Waals surface area (Å²) in [5.41, 5.74) is 0. The van der Waals surface area contributed by atoms with E-state index in [1.165, 1.54) is 11.5 Å². The summed E-state index contributed by atoms with van der Waals surface area (Å²) < 4.78 is 4.19. The quantitative estimate of drug-likeness (QED) is 0.802. The molecule has 0 saturated carbocycles. The van der Waals surface area contributed by atoms with Crippen molar-refractivity contribution in [3.8, 4) is 0 Å². The van der Waals surface area contributed by atoms with Gasteiger partial charge in [0.05, 0.1) is 0 Å². The number of hydrogen-bond donors (Lipinski definition) is 1. The Morgan fingerprint density at radius 2 is 2.15 bits per heavy atom. The number of aromatic nitrogens is 2. The number of nitrogens with zero attached hydrogens (tertiary/aromatic N) is 3. The van der Waals surface area contributed by atoms with E-state index in [1.807, 2.05) is 19.0 Å². The molecule has 0 aliphatic heterocycles. The van der Waals surface area contributed by atoms with Crippen molar-refractivity contribution in [1.29, 1.82) is 0 Å². The standard InChI is InChI=1S/C8H16N4S/c1-6(2)5-9-8-10-7(11-13-8)12(3)4/h6H,5H2,1-4H3,(H,9,10,11). The molecule has 0 amide bonds. The van der Waals surface area contributed by atoms with Crippen LogP contribution in [0.25, 0.3) is 0 Å². The fourth-order valence-corrected chi connectivity index (χ4v) is 1.40. The van der Waals surface area contributed by atoms with E-state index in [0.29, 0.717) is 5.92 Å². The maximum Gasteiger partial charge on any atom is 0.238 e. The molecule has 13 heavy (non-hydrogen) atoms. The molecule has 1 N–H and O–H groups in total. The van der Waals surface area contributed by atoms with Crippen LogP contribution < -0.4 is 10.2 Å². The summed E-state index contributed by atoms with van der Waals surface area (Å²) in [5.74, 6) is 1.41. The SMILES string of the molecule is CC(C)CNc1nc(N(C)C)ns1. The van der Waals surface area contributed by atoms with Crippen molar-refractivity contribution < 1.29 is 0 Å². The predicted octanol–water partition coefficient (Wildman–Crippen LogP) is 1.67. The van der Waals surface area contributed by atoms with Gasteiger partial charge in [0.1, 0.15) is 0 Å². The second kappa shape index (κ2) is 4.41. The number of hydrogen-bond acceptors (Lipinski definition) is 5. The molecule has 4 nitrogen and oxygen atoms in total. The normalized spacial score (nSPS) is 10.5. The third-order valence-corrected chi connectivity index (χ3v) is 2.14. The largest absolute Gasteiger partial charge is 0.360 e. The van der Waals surface area contributed by atoms with Gasteiger partial charge < -0.3 is 10.2 Å². The van der Waals surface area contributed by atoms with Crippen molar-refractivity contribution in [2.45, 2.75) is 13.8 Å². The summed E-state index contributed by atoms with van der Waals surface area (Å²) in [4.78, 5) is 6.20. The lowest BCUT2D eigenvalue weighted by atomic mass is 10.2. The molecule has 1 heterocycles. The van der Waals surface area contributed by atoms with Gasteiger partial charge in [-0.05, 0) is 5.92 Å². The lowest BCUT2D eigenvalue weighted by molar-refractivity contribution is 0.688. The van der Waals surface area contributed by atoms with Crippen molar-refractivity contribution in [3.05, 3.63) is 0 Å². The summed E-state index contributed by atoms with van der Waals surface area (Å²) in [6, 6.07) is 0. The van der Waals surface area contributed by atoms with E-state index in [0.717, 1.165) is 17.6 Å². The van der Waals surface area contributed by atoms with Crippen molar-refractivity contribution >= 4 is 22.6 Å². The maximum absolute atomic E-state index is 4.30. The predicted molar refractivity (Wildman–Crippen MR) is 57.6 cm³/mol. The molecule has 0 unspecified atom stereocenters. The molecule has 74 valence electrons. The van der Waals surface area contributed by atoms with E-state index in [9.17, 15) is 0 Å². The maximum atomic E-state index is 4.30. The Kier molecular flexibility index (Phi) is 3.48. The van der Waals surface area contributed by atoms with Crippen molar-refractivity contribution in [2.75, 3.05) is 30.9 Å². The molecular weight excluding hydrogens is 184 g/mol. The van der Waals surface area contributed by atoms with Gasteiger partial charge in [-0.2, -0.15) is 9.36 Å². The summed E-state index contributed by atoms with van der Waals surface area (Å²) in [6.45, 7) is 5.28. The third-order valence-electron chi connectivity index (χ3n) is 1.48. The van der Waals surface area contributed by atoms with Crippen LogP contribution in [0.3, 0.4) is 0 Å². The molecule has 5 heteroatoms. The Morgan fingerprint density at radius 3 is 2.62 bits per heavy atom. The molecule has 0 bridgehead atoms. The van der Waals surface area contributed by atoms with Crippen molar-refractivity contribution in [2.24, 2.45) is 5.92 Å². The average Bonchev–Trinajstić information content (AvgIpc) is 2.48. The monoisotopic (exact) mass is 200 g/mol. The Labute approximate surface area is 83.2 Å². The molecule has 0 aliphatic carbocycles. The minimum absolute atomic E-state index is 0.631. The van der Waals surface area contributed by atoms with E-state index in [2.05, 4.69) is 28.5 Å². The topological polar surface area (TPSA) is 41.1 Å². The Morgan fingerprint density at radius 1 is 1.46 bits per heavy atom. The fourth-order valence-electron chi connectivity index (χ4n) is 0.761. The van der Waals surface area contributed by atoms with Crippen LogP contribution in [0.5, 0.6) is 0 Å². The molecule has 1 aromatic heterocycles. The zero-order valence-electron chi connectivity index (χ0n) is 8.53. The molecule has 0 saturated heterocycles. The van der Waals surface area contributed by atoms with Gasteiger partial charge in [0.2, 0.25) is 11.1 Å². The van der Waals surface area contributed by atoms with E-state index < -0.39 is 0 Å². The van der Waals surface area contributed by atoms with E-state index in [1.54, 1.807) is 0 Å². The summed E-state index contributed by atoms with van der Waals surface area (Å²) in [6.07, 6.45) is 0. The molecule has 1 aromatic rings. The smallest absolute Gasteiger partial charge is 0.238 e. The first-order valence-electron chi connectivity index (χ1n) is 4.34. The first-order chi connectivity index (χ1) is 6.09. The van der Waals surface area contributed by atoms with Crippen LogP contribution in [0, 0.1) is 5.92 Å². The highest BCUT2D eigenvalue weighted by atomic mass is 32.1. The Balaban J connectivity index is 2.49. The zero-order valence-corrected chi connectivity index (χ0v) is 9.35. The van der Waals surface area contributed by atoms with Gasteiger partial charge in [0.15, 0.2) is 0 Å². The van der Waals surface area contributed by atoms with Gasteiger partial charge in [-0.15, -0.1) is 0 Å². The van der Waals surface area contributed by atoms with Crippen LogP contribution in [0.15, 0.2) is 0 Å². The molecule has 0 aliphatic rings. The van der Waals surface area contributed by atoms with Gasteiger partial charge in [-0.3, -0.25) is 0 Å². The van der Waals surface area contributed by atoms with E-state index in [4.69, 9.17) is 0 Å². The van der Waals surface area contributed by atoms with Crippen LogP contribution in [-0.2, 0) is 0 Å². The van der Waals surface area contributed by atoms with Gasteiger partial charge in [0.25, 0.3) is 0 Å². The molecular formula is C8H16N4S. The first kappa shape index (κ1) is 10.2. The summed E-state index contributed by atoms with van der Waals surface area (Å²) in [7, 11) is 3.88.